The first kappa shape index (κ1) is 15.0. The van der Waals surface area contributed by atoms with Crippen molar-refractivity contribution in [2.45, 2.75) is 25.4 Å². The van der Waals surface area contributed by atoms with Crippen molar-refractivity contribution >= 4 is 5.97 Å². The normalized spacial score (nSPS) is 24.6. The fourth-order valence-electron chi connectivity index (χ4n) is 3.08. The van der Waals surface area contributed by atoms with E-state index >= 15 is 0 Å². The van der Waals surface area contributed by atoms with Crippen molar-refractivity contribution in [3.05, 3.63) is 35.9 Å². The molecule has 0 N–H and O–H groups in total. The number of carbonyl (C=O) groups excluding carboxylic acids is 1. The Hall–Kier alpha value is -1.39. The fourth-order valence-corrected chi connectivity index (χ4v) is 3.08. The van der Waals surface area contributed by atoms with Gasteiger partial charge in [-0.1, -0.05) is 30.3 Å². The SMILES string of the molecule is COC[C@@H]1CCN([C@@H](C)c2ccccc2)[C@@H]1C(=O)OC. The molecule has 0 bridgehead atoms. The topological polar surface area (TPSA) is 38.8 Å². The molecule has 1 saturated heterocycles. The Balaban J connectivity index is 2.19. The number of ether oxygens (including phenoxy) is 2. The summed E-state index contributed by atoms with van der Waals surface area (Å²) in [5.41, 5.74) is 1.22. The Morgan fingerprint density at radius 1 is 1.35 bits per heavy atom. The van der Waals surface area contributed by atoms with E-state index in [2.05, 4.69) is 24.0 Å². The summed E-state index contributed by atoms with van der Waals surface area (Å²) in [5, 5.41) is 0. The lowest BCUT2D eigenvalue weighted by Gasteiger charge is -2.31. The van der Waals surface area contributed by atoms with Crippen molar-refractivity contribution in [1.82, 2.24) is 4.90 Å². The molecule has 0 amide bonds. The molecule has 1 fully saturated rings. The van der Waals surface area contributed by atoms with E-state index in [0.717, 1.165) is 13.0 Å². The van der Waals surface area contributed by atoms with Crippen LogP contribution in [0.2, 0.25) is 0 Å². The highest BCUT2D eigenvalue weighted by Crippen LogP contribution is 2.33. The molecule has 0 unspecified atom stereocenters. The number of carbonyl (C=O) groups is 1. The zero-order valence-electron chi connectivity index (χ0n) is 12.4. The highest BCUT2D eigenvalue weighted by Gasteiger charge is 2.42. The number of esters is 1. The highest BCUT2D eigenvalue weighted by atomic mass is 16.5. The van der Waals surface area contributed by atoms with Gasteiger partial charge in [-0.05, 0) is 18.9 Å². The van der Waals surface area contributed by atoms with Crippen molar-refractivity contribution in [2.75, 3.05) is 27.4 Å². The number of rotatable bonds is 5. The number of likely N-dealkylation sites (tertiary alicyclic amines) is 1. The molecule has 110 valence electrons. The van der Waals surface area contributed by atoms with Crippen LogP contribution in [0.25, 0.3) is 0 Å². The number of benzene rings is 1. The third kappa shape index (κ3) is 3.02. The van der Waals surface area contributed by atoms with Gasteiger partial charge in [0.1, 0.15) is 6.04 Å². The standard InChI is InChI=1S/C16H23NO3/c1-12(13-7-5-4-6-8-13)17-10-9-14(11-19-2)15(17)16(18)20-3/h4-8,12,14-15H,9-11H2,1-3H3/t12-,14-,15-/m0/s1. The molecule has 4 nitrogen and oxygen atoms in total. The van der Waals surface area contributed by atoms with Crippen LogP contribution in [0.5, 0.6) is 0 Å². The fraction of sp³-hybridized carbons (Fsp3) is 0.562. The summed E-state index contributed by atoms with van der Waals surface area (Å²) in [6, 6.07) is 10.2. The van der Waals surface area contributed by atoms with E-state index in [1.807, 2.05) is 18.2 Å². The minimum Gasteiger partial charge on any atom is -0.468 e. The molecule has 0 aromatic heterocycles. The molecule has 1 aliphatic heterocycles. The molecule has 0 aliphatic carbocycles. The summed E-state index contributed by atoms with van der Waals surface area (Å²) in [6.45, 7) is 3.63. The molecule has 3 atom stereocenters. The van der Waals surface area contributed by atoms with Crippen LogP contribution in [0, 0.1) is 5.92 Å². The zero-order valence-corrected chi connectivity index (χ0v) is 12.4. The molecular formula is C16H23NO3. The summed E-state index contributed by atoms with van der Waals surface area (Å²) in [4.78, 5) is 14.4. The number of nitrogens with zero attached hydrogens (tertiary/aromatic N) is 1. The Bertz CT molecular complexity index is 435. The van der Waals surface area contributed by atoms with Gasteiger partial charge in [-0.3, -0.25) is 9.69 Å². The Kier molecular flexibility index (Phi) is 5.15. The molecule has 0 radical (unpaired) electrons. The monoisotopic (exact) mass is 277 g/mol. The second-order valence-electron chi connectivity index (χ2n) is 5.30. The van der Waals surface area contributed by atoms with E-state index < -0.39 is 0 Å². The summed E-state index contributed by atoms with van der Waals surface area (Å²) in [7, 11) is 3.13. The van der Waals surface area contributed by atoms with Gasteiger partial charge in [-0.25, -0.2) is 0 Å². The smallest absolute Gasteiger partial charge is 0.323 e. The van der Waals surface area contributed by atoms with Crippen molar-refractivity contribution in [1.29, 1.82) is 0 Å². The first-order chi connectivity index (χ1) is 9.69. The Morgan fingerprint density at radius 2 is 2.05 bits per heavy atom. The van der Waals surface area contributed by atoms with Crippen LogP contribution < -0.4 is 0 Å². The third-order valence-electron chi connectivity index (χ3n) is 4.16. The van der Waals surface area contributed by atoms with Crippen LogP contribution in [0.1, 0.15) is 24.9 Å². The summed E-state index contributed by atoms with van der Waals surface area (Å²) < 4.78 is 10.2. The lowest BCUT2D eigenvalue weighted by Crippen LogP contribution is -2.42. The van der Waals surface area contributed by atoms with Crippen LogP contribution in [-0.2, 0) is 14.3 Å². The first-order valence-electron chi connectivity index (χ1n) is 7.06. The Labute approximate surface area is 120 Å². The van der Waals surface area contributed by atoms with Gasteiger partial charge in [0.15, 0.2) is 0 Å². The van der Waals surface area contributed by atoms with Gasteiger partial charge < -0.3 is 9.47 Å². The minimum atomic E-state index is -0.213. The van der Waals surface area contributed by atoms with Gasteiger partial charge in [0.2, 0.25) is 0 Å². The second-order valence-corrected chi connectivity index (χ2v) is 5.30. The molecule has 0 spiro atoms. The van der Waals surface area contributed by atoms with E-state index in [1.54, 1.807) is 7.11 Å². The number of hydrogen-bond donors (Lipinski definition) is 0. The van der Waals surface area contributed by atoms with E-state index in [1.165, 1.54) is 12.7 Å². The molecule has 1 aliphatic rings. The van der Waals surface area contributed by atoms with E-state index in [9.17, 15) is 4.79 Å². The second kappa shape index (κ2) is 6.86. The van der Waals surface area contributed by atoms with Gasteiger partial charge in [-0.15, -0.1) is 0 Å². The highest BCUT2D eigenvalue weighted by molar-refractivity contribution is 5.76. The van der Waals surface area contributed by atoms with Crippen molar-refractivity contribution < 1.29 is 14.3 Å². The Morgan fingerprint density at radius 3 is 2.65 bits per heavy atom. The molecule has 0 saturated carbocycles. The van der Waals surface area contributed by atoms with Crippen LogP contribution in [0.4, 0.5) is 0 Å². The molecule has 1 heterocycles. The van der Waals surface area contributed by atoms with E-state index in [-0.39, 0.29) is 24.0 Å². The zero-order chi connectivity index (χ0) is 14.5. The van der Waals surface area contributed by atoms with Crippen LogP contribution in [0.15, 0.2) is 30.3 Å². The molecule has 4 heteroatoms. The van der Waals surface area contributed by atoms with Gasteiger partial charge in [0.25, 0.3) is 0 Å². The van der Waals surface area contributed by atoms with E-state index in [0.29, 0.717) is 6.61 Å². The van der Waals surface area contributed by atoms with Gasteiger partial charge in [-0.2, -0.15) is 0 Å². The van der Waals surface area contributed by atoms with Gasteiger partial charge in [0.05, 0.1) is 13.7 Å². The summed E-state index contributed by atoms with van der Waals surface area (Å²) in [5.74, 6) is 0.0472. The summed E-state index contributed by atoms with van der Waals surface area (Å²) in [6.07, 6.45) is 0.963. The maximum absolute atomic E-state index is 12.1. The largest absolute Gasteiger partial charge is 0.468 e. The predicted molar refractivity (Wildman–Crippen MR) is 77.4 cm³/mol. The van der Waals surface area contributed by atoms with Crippen LogP contribution >= 0.6 is 0 Å². The molecule has 2 rings (SSSR count). The van der Waals surface area contributed by atoms with Crippen molar-refractivity contribution in [3.8, 4) is 0 Å². The quantitative estimate of drug-likeness (QED) is 0.774. The van der Waals surface area contributed by atoms with Crippen LogP contribution in [0.3, 0.4) is 0 Å². The van der Waals surface area contributed by atoms with Gasteiger partial charge >= 0.3 is 5.97 Å². The van der Waals surface area contributed by atoms with E-state index in [4.69, 9.17) is 9.47 Å². The predicted octanol–water partition coefficient (Wildman–Crippen LogP) is 2.26. The van der Waals surface area contributed by atoms with Crippen molar-refractivity contribution in [3.63, 3.8) is 0 Å². The third-order valence-corrected chi connectivity index (χ3v) is 4.16. The first-order valence-corrected chi connectivity index (χ1v) is 7.06. The lowest BCUT2D eigenvalue weighted by molar-refractivity contribution is -0.148. The maximum Gasteiger partial charge on any atom is 0.323 e. The van der Waals surface area contributed by atoms with Crippen molar-refractivity contribution in [2.24, 2.45) is 5.92 Å². The lowest BCUT2D eigenvalue weighted by atomic mass is 10.00. The number of hydrogen-bond acceptors (Lipinski definition) is 4. The van der Waals surface area contributed by atoms with Gasteiger partial charge in [0, 0.05) is 25.6 Å². The molecule has 1 aromatic rings. The molecule has 20 heavy (non-hydrogen) atoms. The number of methoxy groups -OCH3 is 2. The summed E-state index contributed by atoms with van der Waals surface area (Å²) >= 11 is 0. The molecular weight excluding hydrogens is 254 g/mol. The molecule has 1 aromatic carbocycles. The minimum absolute atomic E-state index is 0.160. The maximum atomic E-state index is 12.1. The van der Waals surface area contributed by atoms with Crippen LogP contribution in [-0.4, -0.2) is 44.3 Å². The average molecular weight is 277 g/mol. The average Bonchev–Trinajstić information content (AvgIpc) is 2.90.